The topological polar surface area (TPSA) is 78.9 Å². The van der Waals surface area contributed by atoms with Gasteiger partial charge in [0.15, 0.2) is 6.10 Å². The lowest BCUT2D eigenvalue weighted by Gasteiger charge is -2.18. The Morgan fingerprint density at radius 2 is 0.522 bits per heavy atom. The maximum Gasteiger partial charge on any atom is 0.306 e. The molecule has 0 N–H and O–H groups in total. The number of esters is 3. The lowest BCUT2D eigenvalue weighted by atomic mass is 10.0. The first-order chi connectivity index (χ1) is 34.0. The summed E-state index contributed by atoms with van der Waals surface area (Å²) in [5, 5.41) is 0. The highest BCUT2D eigenvalue weighted by Crippen LogP contribution is 2.17. The molecule has 0 heterocycles. The first-order valence-corrected chi connectivity index (χ1v) is 30.8. The molecule has 0 amide bonds. The van der Waals surface area contributed by atoms with Crippen LogP contribution in [0, 0.1) is 0 Å². The van der Waals surface area contributed by atoms with Gasteiger partial charge in [-0.15, -0.1) is 0 Å². The Hall–Kier alpha value is -2.11. The molecule has 0 aliphatic heterocycles. The Kier molecular flexibility index (Phi) is 56.7. The van der Waals surface area contributed by atoms with Crippen LogP contribution in [0.2, 0.25) is 0 Å². The summed E-state index contributed by atoms with van der Waals surface area (Å²) in [6, 6.07) is 0. The molecule has 0 aliphatic rings. The van der Waals surface area contributed by atoms with Crippen molar-refractivity contribution in [2.45, 2.75) is 348 Å². The van der Waals surface area contributed by atoms with E-state index in [0.717, 1.165) is 64.2 Å². The van der Waals surface area contributed by atoms with Gasteiger partial charge in [0.1, 0.15) is 13.2 Å². The van der Waals surface area contributed by atoms with E-state index in [2.05, 4.69) is 45.1 Å². The molecule has 0 aromatic rings. The predicted octanol–water partition coefficient (Wildman–Crippen LogP) is 20.7. The van der Waals surface area contributed by atoms with Crippen LogP contribution < -0.4 is 0 Å². The second kappa shape index (κ2) is 58.5. The quantitative estimate of drug-likeness (QED) is 0.0261. The summed E-state index contributed by atoms with van der Waals surface area (Å²) in [4.78, 5) is 38.2. The van der Waals surface area contributed by atoms with Gasteiger partial charge in [0.05, 0.1) is 0 Å². The molecule has 0 spiro atoms. The molecule has 1 atom stereocenters. The molecule has 6 heteroatoms. The Labute approximate surface area is 430 Å². The molecule has 1 unspecified atom stereocenters. The van der Waals surface area contributed by atoms with Crippen LogP contribution in [0.3, 0.4) is 0 Å². The monoisotopic (exact) mass is 971 g/mol. The zero-order chi connectivity index (χ0) is 50.0. The highest BCUT2D eigenvalue weighted by molar-refractivity contribution is 5.71. The summed E-state index contributed by atoms with van der Waals surface area (Å²) in [7, 11) is 0. The average Bonchev–Trinajstić information content (AvgIpc) is 3.35. The van der Waals surface area contributed by atoms with Crippen molar-refractivity contribution in [1.29, 1.82) is 0 Å². The molecule has 0 radical (unpaired) electrons. The maximum absolute atomic E-state index is 12.9. The molecule has 0 bridgehead atoms. The molecule has 0 aromatic carbocycles. The van der Waals surface area contributed by atoms with Gasteiger partial charge in [-0.1, -0.05) is 295 Å². The SMILES string of the molecule is CCCCCCC/C=C\C/C=C\CCCCCCCCCCCC(=O)OCC(COC(=O)CCCCCCCCCCCCCCC)OC(=O)CCCCCCCCCCCCCCCCCCC. The number of hydrogen-bond donors (Lipinski definition) is 0. The van der Waals surface area contributed by atoms with Gasteiger partial charge >= 0.3 is 17.9 Å². The molecule has 0 fully saturated rings. The summed E-state index contributed by atoms with van der Waals surface area (Å²) in [6.07, 6.45) is 68.9. The third-order valence-electron chi connectivity index (χ3n) is 14.0. The van der Waals surface area contributed by atoms with E-state index in [4.69, 9.17) is 14.2 Å². The van der Waals surface area contributed by atoms with Gasteiger partial charge in [0.2, 0.25) is 0 Å². The molecule has 6 nitrogen and oxygen atoms in total. The summed E-state index contributed by atoms with van der Waals surface area (Å²) < 4.78 is 16.9. The van der Waals surface area contributed by atoms with Gasteiger partial charge in [0.25, 0.3) is 0 Å². The number of unbranched alkanes of at least 4 members (excludes halogenated alkanes) is 42. The maximum atomic E-state index is 12.9. The fraction of sp³-hybridized carbons (Fsp3) is 0.889. The molecule has 69 heavy (non-hydrogen) atoms. The number of carbonyl (C=O) groups excluding carboxylic acids is 3. The highest BCUT2D eigenvalue weighted by Gasteiger charge is 2.19. The number of allylic oxidation sites excluding steroid dienone is 4. The van der Waals surface area contributed by atoms with E-state index in [1.54, 1.807) is 0 Å². The van der Waals surface area contributed by atoms with Gasteiger partial charge in [-0.3, -0.25) is 14.4 Å². The molecule has 0 saturated carbocycles. The lowest BCUT2D eigenvalue weighted by molar-refractivity contribution is -0.167. The molecule has 0 rings (SSSR count). The Bertz CT molecular complexity index is 1110. The van der Waals surface area contributed by atoms with E-state index < -0.39 is 6.10 Å². The summed E-state index contributed by atoms with van der Waals surface area (Å²) in [6.45, 7) is 6.69. The van der Waals surface area contributed by atoms with Crippen molar-refractivity contribution in [2.24, 2.45) is 0 Å². The predicted molar refractivity (Wildman–Crippen MR) is 298 cm³/mol. The smallest absolute Gasteiger partial charge is 0.306 e. The van der Waals surface area contributed by atoms with Crippen LogP contribution in [0.1, 0.15) is 342 Å². The van der Waals surface area contributed by atoms with Crippen LogP contribution in [0.15, 0.2) is 24.3 Å². The first-order valence-electron chi connectivity index (χ1n) is 30.8. The van der Waals surface area contributed by atoms with E-state index in [1.165, 1.54) is 238 Å². The third-order valence-corrected chi connectivity index (χ3v) is 14.0. The molecule has 0 saturated heterocycles. The van der Waals surface area contributed by atoms with Crippen molar-refractivity contribution in [3.63, 3.8) is 0 Å². The molecule has 0 aromatic heterocycles. The minimum Gasteiger partial charge on any atom is -0.462 e. The fourth-order valence-electron chi connectivity index (χ4n) is 9.30. The second-order valence-electron chi connectivity index (χ2n) is 21.0. The highest BCUT2D eigenvalue weighted by atomic mass is 16.6. The average molecular weight is 972 g/mol. The van der Waals surface area contributed by atoms with Crippen molar-refractivity contribution in [1.82, 2.24) is 0 Å². The zero-order valence-corrected chi connectivity index (χ0v) is 46.6. The number of ether oxygens (including phenoxy) is 3. The van der Waals surface area contributed by atoms with E-state index in [0.29, 0.717) is 19.3 Å². The minimum atomic E-state index is -0.768. The molecule has 406 valence electrons. The lowest BCUT2D eigenvalue weighted by Crippen LogP contribution is -2.30. The Balaban J connectivity index is 4.29. The van der Waals surface area contributed by atoms with Crippen LogP contribution in [0.25, 0.3) is 0 Å². The Morgan fingerprint density at radius 3 is 0.797 bits per heavy atom. The van der Waals surface area contributed by atoms with Crippen molar-refractivity contribution < 1.29 is 28.6 Å². The van der Waals surface area contributed by atoms with Gasteiger partial charge in [-0.05, 0) is 51.4 Å². The largest absolute Gasteiger partial charge is 0.462 e. The minimum absolute atomic E-state index is 0.0665. The van der Waals surface area contributed by atoms with E-state index >= 15 is 0 Å². The fourth-order valence-corrected chi connectivity index (χ4v) is 9.30. The van der Waals surface area contributed by atoms with Crippen LogP contribution in [-0.4, -0.2) is 37.2 Å². The van der Waals surface area contributed by atoms with E-state index in [1.807, 2.05) is 0 Å². The third kappa shape index (κ3) is 56.7. The zero-order valence-electron chi connectivity index (χ0n) is 46.6. The summed E-state index contributed by atoms with van der Waals surface area (Å²) >= 11 is 0. The van der Waals surface area contributed by atoms with Gasteiger partial charge < -0.3 is 14.2 Å². The van der Waals surface area contributed by atoms with Crippen molar-refractivity contribution in [3.05, 3.63) is 24.3 Å². The van der Waals surface area contributed by atoms with Gasteiger partial charge in [0, 0.05) is 19.3 Å². The number of carbonyl (C=O) groups is 3. The van der Waals surface area contributed by atoms with Crippen LogP contribution in [0.5, 0.6) is 0 Å². The van der Waals surface area contributed by atoms with Crippen molar-refractivity contribution in [2.75, 3.05) is 13.2 Å². The van der Waals surface area contributed by atoms with E-state index in [9.17, 15) is 14.4 Å². The normalized spacial score (nSPS) is 12.1. The summed E-state index contributed by atoms with van der Waals surface area (Å²) in [5.41, 5.74) is 0. The van der Waals surface area contributed by atoms with Gasteiger partial charge in [-0.25, -0.2) is 0 Å². The molecule has 0 aliphatic carbocycles. The first kappa shape index (κ1) is 66.9. The standard InChI is InChI=1S/C63H118O6/c1-4-7-10-13-16-19-22-25-27-29-30-31-32-34-35-38-41-44-47-50-53-56-62(65)68-59-60(58-67-61(64)55-52-49-46-43-40-37-24-21-18-15-12-9-6-3)69-63(66)57-54-51-48-45-42-39-36-33-28-26-23-20-17-14-11-8-5-2/h22,25,29-30,60H,4-21,23-24,26-28,31-59H2,1-3H3/b25-22-,30-29-. The number of rotatable bonds is 57. The van der Waals surface area contributed by atoms with Crippen LogP contribution in [0.4, 0.5) is 0 Å². The Morgan fingerprint density at radius 1 is 0.290 bits per heavy atom. The van der Waals surface area contributed by atoms with Crippen molar-refractivity contribution in [3.8, 4) is 0 Å². The van der Waals surface area contributed by atoms with Crippen LogP contribution >= 0.6 is 0 Å². The molecular formula is C63H118O6. The van der Waals surface area contributed by atoms with Gasteiger partial charge in [-0.2, -0.15) is 0 Å². The molecular weight excluding hydrogens is 853 g/mol. The van der Waals surface area contributed by atoms with E-state index in [-0.39, 0.29) is 31.1 Å². The number of hydrogen-bond acceptors (Lipinski definition) is 6. The summed E-state index contributed by atoms with van der Waals surface area (Å²) in [5.74, 6) is -0.845. The van der Waals surface area contributed by atoms with Crippen LogP contribution in [-0.2, 0) is 28.6 Å². The second-order valence-corrected chi connectivity index (χ2v) is 21.0. The van der Waals surface area contributed by atoms with Crippen molar-refractivity contribution >= 4 is 17.9 Å².